The Labute approximate surface area is 95.7 Å². The molecule has 0 atom stereocenters. The van der Waals surface area contributed by atoms with E-state index in [1.165, 1.54) is 13.2 Å². The van der Waals surface area contributed by atoms with Gasteiger partial charge in [-0.1, -0.05) is 0 Å². The van der Waals surface area contributed by atoms with E-state index < -0.39 is 17.8 Å². The van der Waals surface area contributed by atoms with E-state index in [1.807, 2.05) is 0 Å². The van der Waals surface area contributed by atoms with Gasteiger partial charge in [-0.15, -0.1) is 0 Å². The van der Waals surface area contributed by atoms with Crippen LogP contribution < -0.4 is 0 Å². The fourth-order valence-corrected chi connectivity index (χ4v) is 1.20. The van der Waals surface area contributed by atoms with E-state index in [-0.39, 0.29) is 12.2 Å². The van der Waals surface area contributed by atoms with Crippen LogP contribution in [0.25, 0.3) is 6.08 Å². The first kappa shape index (κ1) is 13.3. The van der Waals surface area contributed by atoms with Gasteiger partial charge in [0.1, 0.15) is 0 Å². The predicted molar refractivity (Wildman–Crippen MR) is 53.9 cm³/mol. The summed E-state index contributed by atoms with van der Waals surface area (Å²) >= 11 is 0. The molecule has 1 aromatic heterocycles. The lowest BCUT2D eigenvalue weighted by atomic mass is 10.2. The molecule has 0 N–H and O–H groups in total. The molecule has 1 aromatic rings. The van der Waals surface area contributed by atoms with Gasteiger partial charge in [0.15, 0.2) is 5.69 Å². The second-order valence-electron chi connectivity index (χ2n) is 3.19. The number of hydrogen-bond donors (Lipinski definition) is 0. The minimum absolute atomic E-state index is 0.169. The van der Waals surface area contributed by atoms with Crippen molar-refractivity contribution in [3.63, 3.8) is 0 Å². The van der Waals surface area contributed by atoms with Crippen LogP contribution >= 0.6 is 0 Å². The monoisotopic (exact) mass is 248 g/mol. The van der Waals surface area contributed by atoms with Gasteiger partial charge in [0.2, 0.25) is 0 Å². The van der Waals surface area contributed by atoms with E-state index in [0.29, 0.717) is 0 Å². The summed E-state index contributed by atoms with van der Waals surface area (Å²) in [4.78, 5) is 11.0. The molecule has 0 aliphatic heterocycles. The van der Waals surface area contributed by atoms with Crippen LogP contribution in [0.15, 0.2) is 12.3 Å². The maximum Gasteiger partial charge on any atom is 0.435 e. The summed E-state index contributed by atoms with van der Waals surface area (Å²) in [6.45, 7) is 1.78. The average molecular weight is 248 g/mol. The molecule has 0 unspecified atom stereocenters. The zero-order valence-corrected chi connectivity index (χ0v) is 9.28. The minimum atomic E-state index is -4.55. The van der Waals surface area contributed by atoms with Crippen LogP contribution in [0.2, 0.25) is 0 Å². The number of carbonyl (C=O) groups excluding carboxylic acids is 1. The Kier molecular flexibility index (Phi) is 3.93. The van der Waals surface area contributed by atoms with E-state index in [2.05, 4.69) is 9.84 Å². The summed E-state index contributed by atoms with van der Waals surface area (Å²) in [5.41, 5.74) is -1.20. The second kappa shape index (κ2) is 5.03. The van der Waals surface area contributed by atoms with E-state index in [9.17, 15) is 18.0 Å². The Balaban J connectivity index is 2.95. The normalized spacial score (nSPS) is 12.1. The fourth-order valence-electron chi connectivity index (χ4n) is 1.20. The van der Waals surface area contributed by atoms with Crippen molar-refractivity contribution in [3.05, 3.63) is 23.5 Å². The van der Waals surface area contributed by atoms with Gasteiger partial charge in [-0.25, -0.2) is 4.79 Å². The number of hydrogen-bond acceptors (Lipinski definition) is 3. The predicted octanol–water partition coefficient (Wildman–Crippen LogP) is 2.02. The number of rotatable bonds is 3. The Morgan fingerprint density at radius 1 is 1.59 bits per heavy atom. The van der Waals surface area contributed by atoms with Gasteiger partial charge in [-0.05, 0) is 13.0 Å². The molecule has 0 saturated heterocycles. The molecule has 0 spiro atoms. The van der Waals surface area contributed by atoms with Crippen molar-refractivity contribution in [1.29, 1.82) is 0 Å². The largest absolute Gasteiger partial charge is 0.463 e. The topological polar surface area (TPSA) is 44.1 Å². The van der Waals surface area contributed by atoms with Crippen LogP contribution in [-0.2, 0) is 22.8 Å². The molecule has 1 rings (SSSR count). The molecule has 0 radical (unpaired) electrons. The Hall–Kier alpha value is -1.79. The molecule has 1 heterocycles. The molecule has 0 fully saturated rings. The van der Waals surface area contributed by atoms with Gasteiger partial charge in [-0.2, -0.15) is 18.3 Å². The van der Waals surface area contributed by atoms with Gasteiger partial charge < -0.3 is 4.74 Å². The molecule has 17 heavy (non-hydrogen) atoms. The summed E-state index contributed by atoms with van der Waals surface area (Å²) in [7, 11) is 1.37. The molecule has 0 bridgehead atoms. The number of halogens is 3. The van der Waals surface area contributed by atoms with Gasteiger partial charge in [0, 0.05) is 24.9 Å². The molecule has 0 aliphatic carbocycles. The Morgan fingerprint density at radius 3 is 2.76 bits per heavy atom. The molecule has 0 saturated carbocycles. The van der Waals surface area contributed by atoms with Gasteiger partial charge in [-0.3, -0.25) is 4.68 Å². The van der Waals surface area contributed by atoms with Crippen molar-refractivity contribution in [2.24, 2.45) is 7.05 Å². The fraction of sp³-hybridized carbons (Fsp3) is 0.400. The van der Waals surface area contributed by atoms with E-state index in [1.54, 1.807) is 6.92 Å². The standard InChI is InChI=1S/C10H11F3N2O2/c1-3-17-8(16)5-4-7-6-15(2)14-9(7)10(11,12)13/h4-6H,3H2,1-2H3. The van der Waals surface area contributed by atoms with Gasteiger partial charge >= 0.3 is 12.1 Å². The van der Waals surface area contributed by atoms with Crippen LogP contribution in [0.4, 0.5) is 13.2 Å². The highest BCUT2D eigenvalue weighted by Crippen LogP contribution is 2.31. The lowest BCUT2D eigenvalue weighted by Crippen LogP contribution is -2.08. The van der Waals surface area contributed by atoms with Crippen molar-refractivity contribution < 1.29 is 22.7 Å². The smallest absolute Gasteiger partial charge is 0.435 e. The van der Waals surface area contributed by atoms with E-state index >= 15 is 0 Å². The highest BCUT2D eigenvalue weighted by Gasteiger charge is 2.36. The number of alkyl halides is 3. The van der Waals surface area contributed by atoms with Crippen LogP contribution in [0.1, 0.15) is 18.2 Å². The first-order valence-corrected chi connectivity index (χ1v) is 4.80. The number of aryl methyl sites for hydroxylation is 1. The van der Waals surface area contributed by atoms with Crippen molar-refractivity contribution in [3.8, 4) is 0 Å². The highest BCUT2D eigenvalue weighted by atomic mass is 19.4. The van der Waals surface area contributed by atoms with Crippen molar-refractivity contribution in [2.75, 3.05) is 6.61 Å². The average Bonchev–Trinajstić information content (AvgIpc) is 2.57. The van der Waals surface area contributed by atoms with Crippen LogP contribution in [0.5, 0.6) is 0 Å². The summed E-state index contributed by atoms with van der Waals surface area (Å²) in [5.74, 6) is -0.690. The third kappa shape index (κ3) is 3.61. The third-order valence-electron chi connectivity index (χ3n) is 1.81. The van der Waals surface area contributed by atoms with Crippen LogP contribution in [0.3, 0.4) is 0 Å². The number of esters is 1. The summed E-state index contributed by atoms with van der Waals surface area (Å²) in [6, 6.07) is 0. The Morgan fingerprint density at radius 2 is 2.24 bits per heavy atom. The quantitative estimate of drug-likeness (QED) is 0.607. The molecule has 0 aliphatic rings. The second-order valence-corrected chi connectivity index (χ2v) is 3.19. The molecular weight excluding hydrogens is 237 g/mol. The summed E-state index contributed by atoms with van der Waals surface area (Å²) in [6.07, 6.45) is -1.39. The number of nitrogens with zero attached hydrogens (tertiary/aromatic N) is 2. The molecule has 0 aromatic carbocycles. The first-order chi connectivity index (χ1) is 7.84. The molecule has 94 valence electrons. The number of ether oxygens (including phenoxy) is 1. The lowest BCUT2D eigenvalue weighted by molar-refractivity contribution is -0.141. The molecule has 4 nitrogen and oxygen atoms in total. The minimum Gasteiger partial charge on any atom is -0.463 e. The van der Waals surface area contributed by atoms with Crippen LogP contribution in [-0.4, -0.2) is 22.4 Å². The van der Waals surface area contributed by atoms with E-state index in [4.69, 9.17) is 0 Å². The summed E-state index contributed by atoms with van der Waals surface area (Å²) in [5, 5.41) is 3.29. The maximum absolute atomic E-state index is 12.5. The highest BCUT2D eigenvalue weighted by molar-refractivity contribution is 5.87. The molecule has 7 heteroatoms. The number of aromatic nitrogens is 2. The first-order valence-electron chi connectivity index (χ1n) is 4.80. The van der Waals surface area contributed by atoms with Crippen LogP contribution in [0, 0.1) is 0 Å². The maximum atomic E-state index is 12.5. The van der Waals surface area contributed by atoms with Crippen molar-refractivity contribution >= 4 is 12.0 Å². The van der Waals surface area contributed by atoms with Gasteiger partial charge in [0.05, 0.1) is 6.61 Å². The zero-order chi connectivity index (χ0) is 13.1. The van der Waals surface area contributed by atoms with Crippen molar-refractivity contribution in [1.82, 2.24) is 9.78 Å². The SMILES string of the molecule is CCOC(=O)C=Cc1cn(C)nc1C(F)(F)F. The Bertz CT molecular complexity index is 435. The van der Waals surface area contributed by atoms with E-state index in [0.717, 1.165) is 16.8 Å². The zero-order valence-electron chi connectivity index (χ0n) is 9.28. The summed E-state index contributed by atoms with van der Waals surface area (Å²) < 4.78 is 43.1. The third-order valence-corrected chi connectivity index (χ3v) is 1.81. The number of carbonyl (C=O) groups is 1. The molecular formula is C10H11F3N2O2. The van der Waals surface area contributed by atoms with Gasteiger partial charge in [0.25, 0.3) is 0 Å². The lowest BCUT2D eigenvalue weighted by Gasteiger charge is -2.02. The van der Waals surface area contributed by atoms with Crippen molar-refractivity contribution in [2.45, 2.75) is 13.1 Å². The molecule has 0 amide bonds.